The van der Waals surface area contributed by atoms with E-state index in [0.29, 0.717) is 16.8 Å². The summed E-state index contributed by atoms with van der Waals surface area (Å²) in [6.45, 7) is 1.66. The molecular weight excluding hydrogens is 223 g/mol. The number of hydrogen-bond acceptors (Lipinski definition) is 2. The summed E-state index contributed by atoms with van der Waals surface area (Å²) in [4.78, 5) is 10.8. The molecule has 0 saturated carbocycles. The number of aromatic carboxylic acids is 1. The highest BCUT2D eigenvalue weighted by atomic mass is 19.1. The van der Waals surface area contributed by atoms with Gasteiger partial charge in [0.15, 0.2) is 5.69 Å². The minimum atomic E-state index is -1.13. The van der Waals surface area contributed by atoms with Crippen molar-refractivity contribution in [3.63, 3.8) is 0 Å². The number of benzene rings is 1. The average molecular weight is 234 g/mol. The quantitative estimate of drug-likeness (QED) is 0.866. The molecule has 0 radical (unpaired) electrons. The van der Waals surface area contributed by atoms with E-state index in [-0.39, 0.29) is 11.5 Å². The van der Waals surface area contributed by atoms with Gasteiger partial charge in [-0.3, -0.25) is 4.68 Å². The lowest BCUT2D eigenvalue weighted by Gasteiger charge is -2.05. The van der Waals surface area contributed by atoms with E-state index in [4.69, 9.17) is 5.11 Å². The van der Waals surface area contributed by atoms with E-state index in [1.165, 1.54) is 10.7 Å². The van der Waals surface area contributed by atoms with E-state index in [0.717, 1.165) is 0 Å². The van der Waals surface area contributed by atoms with Gasteiger partial charge in [-0.1, -0.05) is 12.1 Å². The number of hydrogen-bond donors (Lipinski definition) is 1. The maximum Gasteiger partial charge on any atom is 0.356 e. The molecule has 0 aliphatic heterocycles. The second-order valence-electron chi connectivity index (χ2n) is 3.78. The fraction of sp³-hybridized carbons (Fsp3) is 0.167. The Morgan fingerprint density at radius 2 is 2.18 bits per heavy atom. The molecule has 0 aliphatic rings. The third-order valence-corrected chi connectivity index (χ3v) is 2.57. The highest BCUT2D eigenvalue weighted by Crippen LogP contribution is 2.24. The fourth-order valence-corrected chi connectivity index (χ4v) is 1.67. The van der Waals surface area contributed by atoms with Crippen LogP contribution >= 0.6 is 0 Å². The van der Waals surface area contributed by atoms with Crippen LogP contribution in [0, 0.1) is 12.7 Å². The van der Waals surface area contributed by atoms with Gasteiger partial charge in [0, 0.05) is 12.6 Å². The first-order chi connectivity index (χ1) is 8.00. The first-order valence-corrected chi connectivity index (χ1v) is 5.03. The van der Waals surface area contributed by atoms with Crippen molar-refractivity contribution in [3.05, 3.63) is 41.3 Å². The van der Waals surface area contributed by atoms with Crippen LogP contribution in [-0.4, -0.2) is 20.9 Å². The Morgan fingerprint density at radius 1 is 1.47 bits per heavy atom. The van der Waals surface area contributed by atoms with Crippen molar-refractivity contribution in [1.82, 2.24) is 9.78 Å². The highest BCUT2D eigenvalue weighted by molar-refractivity contribution is 5.87. The van der Waals surface area contributed by atoms with Gasteiger partial charge in [-0.25, -0.2) is 9.18 Å². The summed E-state index contributed by atoms with van der Waals surface area (Å²) in [6.07, 6.45) is 0. The van der Waals surface area contributed by atoms with Crippen molar-refractivity contribution in [2.75, 3.05) is 0 Å². The van der Waals surface area contributed by atoms with Crippen LogP contribution in [0.15, 0.2) is 24.3 Å². The maximum absolute atomic E-state index is 13.9. The first-order valence-electron chi connectivity index (χ1n) is 5.03. The maximum atomic E-state index is 13.9. The summed E-state index contributed by atoms with van der Waals surface area (Å²) in [7, 11) is 1.59. The lowest BCUT2D eigenvalue weighted by Crippen LogP contribution is -1.99. The normalized spacial score (nSPS) is 10.5. The van der Waals surface area contributed by atoms with Gasteiger partial charge in [-0.2, -0.15) is 5.10 Å². The van der Waals surface area contributed by atoms with Crippen LogP contribution in [0.1, 0.15) is 16.1 Å². The lowest BCUT2D eigenvalue weighted by atomic mass is 10.1. The van der Waals surface area contributed by atoms with Crippen LogP contribution in [0.25, 0.3) is 11.3 Å². The van der Waals surface area contributed by atoms with Gasteiger partial charge in [0.05, 0.1) is 5.69 Å². The Balaban J connectivity index is 2.60. The monoisotopic (exact) mass is 234 g/mol. The van der Waals surface area contributed by atoms with Gasteiger partial charge >= 0.3 is 5.97 Å². The Labute approximate surface area is 97.3 Å². The number of carboxylic acid groups (broad SMARTS) is 1. The van der Waals surface area contributed by atoms with Crippen LogP contribution in [0.5, 0.6) is 0 Å². The second kappa shape index (κ2) is 4.01. The van der Waals surface area contributed by atoms with Crippen LogP contribution in [0.2, 0.25) is 0 Å². The van der Waals surface area contributed by atoms with Crippen LogP contribution < -0.4 is 0 Å². The summed E-state index contributed by atoms with van der Waals surface area (Å²) >= 11 is 0. The molecule has 1 aromatic carbocycles. The number of rotatable bonds is 2. The van der Waals surface area contributed by atoms with E-state index < -0.39 is 5.97 Å². The number of nitrogens with zero attached hydrogens (tertiary/aromatic N) is 2. The summed E-state index contributed by atoms with van der Waals surface area (Å²) < 4.78 is 15.3. The van der Waals surface area contributed by atoms with Crippen molar-refractivity contribution in [3.8, 4) is 11.3 Å². The summed E-state index contributed by atoms with van der Waals surface area (Å²) in [5.41, 5.74) is 1.22. The molecule has 0 fully saturated rings. The smallest absolute Gasteiger partial charge is 0.356 e. The molecule has 0 saturated heterocycles. The second-order valence-corrected chi connectivity index (χ2v) is 3.78. The molecule has 0 bridgehead atoms. The third kappa shape index (κ3) is 1.91. The molecule has 0 spiro atoms. The minimum Gasteiger partial charge on any atom is -0.476 e. The SMILES string of the molecule is Cc1cccc(-c2cc(C(=O)O)nn2C)c1F. The standard InChI is InChI=1S/C12H11FN2O2/c1-7-4-3-5-8(11(7)13)10-6-9(12(16)17)14-15(10)2/h3-6H,1-2H3,(H,16,17). The molecule has 4 nitrogen and oxygen atoms in total. The van der Waals surface area contributed by atoms with Crippen LogP contribution in [0.3, 0.4) is 0 Å². The Bertz CT molecular complexity index is 590. The zero-order valence-electron chi connectivity index (χ0n) is 9.44. The van der Waals surface area contributed by atoms with Crippen LogP contribution in [0.4, 0.5) is 4.39 Å². The molecule has 0 amide bonds. The minimum absolute atomic E-state index is 0.0941. The molecule has 88 valence electrons. The molecule has 1 N–H and O–H groups in total. The zero-order chi connectivity index (χ0) is 12.6. The highest BCUT2D eigenvalue weighted by Gasteiger charge is 2.15. The van der Waals surface area contributed by atoms with E-state index in [1.54, 1.807) is 32.2 Å². The fourth-order valence-electron chi connectivity index (χ4n) is 1.67. The Kier molecular flexibility index (Phi) is 2.67. The number of halogens is 1. The van der Waals surface area contributed by atoms with E-state index in [2.05, 4.69) is 5.10 Å². The van der Waals surface area contributed by atoms with Gasteiger partial charge < -0.3 is 5.11 Å². The Hall–Kier alpha value is -2.17. The van der Waals surface area contributed by atoms with E-state index in [1.807, 2.05) is 0 Å². The topological polar surface area (TPSA) is 55.1 Å². The summed E-state index contributed by atoms with van der Waals surface area (Å²) in [5, 5.41) is 12.6. The summed E-state index contributed by atoms with van der Waals surface area (Å²) in [6, 6.07) is 6.35. The van der Waals surface area contributed by atoms with Crippen molar-refractivity contribution in [1.29, 1.82) is 0 Å². The largest absolute Gasteiger partial charge is 0.476 e. The number of aromatic nitrogens is 2. The average Bonchev–Trinajstić information content (AvgIpc) is 2.65. The van der Waals surface area contributed by atoms with Gasteiger partial charge in [0.1, 0.15) is 5.82 Å². The Morgan fingerprint density at radius 3 is 2.76 bits per heavy atom. The molecule has 5 heteroatoms. The van der Waals surface area contributed by atoms with Gasteiger partial charge in [-0.05, 0) is 24.6 Å². The van der Waals surface area contributed by atoms with Crippen molar-refractivity contribution in [2.24, 2.45) is 7.05 Å². The van der Waals surface area contributed by atoms with E-state index >= 15 is 0 Å². The molecule has 1 heterocycles. The number of carbonyl (C=O) groups is 1. The van der Waals surface area contributed by atoms with Crippen molar-refractivity contribution >= 4 is 5.97 Å². The van der Waals surface area contributed by atoms with Gasteiger partial charge in [0.25, 0.3) is 0 Å². The molecule has 17 heavy (non-hydrogen) atoms. The molecule has 0 aliphatic carbocycles. The molecule has 0 atom stereocenters. The predicted molar refractivity (Wildman–Crippen MR) is 60.3 cm³/mol. The van der Waals surface area contributed by atoms with Crippen molar-refractivity contribution in [2.45, 2.75) is 6.92 Å². The molecule has 2 rings (SSSR count). The van der Waals surface area contributed by atoms with Gasteiger partial charge in [0.2, 0.25) is 0 Å². The molecule has 2 aromatic rings. The summed E-state index contributed by atoms with van der Waals surface area (Å²) in [5.74, 6) is -1.48. The molecule has 0 unspecified atom stereocenters. The lowest BCUT2D eigenvalue weighted by molar-refractivity contribution is 0.0689. The number of aryl methyl sites for hydroxylation is 2. The first kappa shape index (κ1) is 11.3. The molecule has 1 aromatic heterocycles. The third-order valence-electron chi connectivity index (χ3n) is 2.57. The van der Waals surface area contributed by atoms with Crippen molar-refractivity contribution < 1.29 is 14.3 Å². The number of carboxylic acids is 1. The zero-order valence-corrected chi connectivity index (χ0v) is 9.44. The molecular formula is C12H11FN2O2. The predicted octanol–water partition coefficient (Wildman–Crippen LogP) is 2.23. The van der Waals surface area contributed by atoms with E-state index in [9.17, 15) is 9.18 Å². The van der Waals surface area contributed by atoms with Gasteiger partial charge in [-0.15, -0.1) is 0 Å². The van der Waals surface area contributed by atoms with Crippen LogP contribution in [-0.2, 0) is 7.05 Å².